The van der Waals surface area contributed by atoms with Crippen molar-refractivity contribution >= 4 is 0 Å². The molecule has 0 aromatic carbocycles. The first kappa shape index (κ1) is 13.9. The lowest BCUT2D eigenvalue weighted by Crippen LogP contribution is -2.51. The SMILES string of the molecule is CCOC1CC(NC(C)CN(CC)CC)C1. The molecule has 3 heteroatoms. The number of rotatable bonds is 8. The van der Waals surface area contributed by atoms with E-state index in [1.54, 1.807) is 0 Å². The molecule has 1 aliphatic carbocycles. The van der Waals surface area contributed by atoms with Gasteiger partial charge in [-0.3, -0.25) is 0 Å². The van der Waals surface area contributed by atoms with Gasteiger partial charge >= 0.3 is 0 Å². The average Bonchev–Trinajstić information content (AvgIpc) is 2.23. The predicted molar refractivity (Wildman–Crippen MR) is 68.8 cm³/mol. The third kappa shape index (κ3) is 4.40. The molecule has 0 saturated heterocycles. The maximum Gasteiger partial charge on any atom is 0.0604 e. The Morgan fingerprint density at radius 2 is 1.88 bits per heavy atom. The molecule has 0 heterocycles. The summed E-state index contributed by atoms with van der Waals surface area (Å²) in [5, 5.41) is 3.68. The van der Waals surface area contributed by atoms with Gasteiger partial charge in [-0.05, 0) is 39.8 Å². The van der Waals surface area contributed by atoms with Crippen molar-refractivity contribution in [3.63, 3.8) is 0 Å². The highest BCUT2D eigenvalue weighted by molar-refractivity contribution is 4.88. The largest absolute Gasteiger partial charge is 0.378 e. The number of nitrogens with one attached hydrogen (secondary N) is 1. The van der Waals surface area contributed by atoms with Gasteiger partial charge in [0.25, 0.3) is 0 Å². The molecular formula is C13H28N2O. The molecule has 1 fully saturated rings. The van der Waals surface area contributed by atoms with Crippen LogP contribution in [0.15, 0.2) is 0 Å². The smallest absolute Gasteiger partial charge is 0.0604 e. The summed E-state index contributed by atoms with van der Waals surface area (Å²) in [6.45, 7) is 13.1. The predicted octanol–water partition coefficient (Wildman–Crippen LogP) is 1.87. The lowest BCUT2D eigenvalue weighted by atomic mass is 9.88. The molecule has 1 aliphatic rings. The van der Waals surface area contributed by atoms with Gasteiger partial charge in [0.05, 0.1) is 6.10 Å². The lowest BCUT2D eigenvalue weighted by Gasteiger charge is -2.38. The summed E-state index contributed by atoms with van der Waals surface area (Å²) in [5.74, 6) is 0. The van der Waals surface area contributed by atoms with Gasteiger partial charge in [-0.25, -0.2) is 0 Å². The molecule has 0 amide bonds. The standard InChI is InChI=1S/C13H28N2O/c1-5-15(6-2)10-11(4)14-12-8-13(9-12)16-7-3/h11-14H,5-10H2,1-4H3. The minimum Gasteiger partial charge on any atom is -0.378 e. The fraction of sp³-hybridized carbons (Fsp3) is 1.00. The van der Waals surface area contributed by atoms with Crippen molar-refractivity contribution in [3.05, 3.63) is 0 Å². The number of hydrogen-bond acceptors (Lipinski definition) is 3. The zero-order valence-electron chi connectivity index (χ0n) is 11.3. The fourth-order valence-corrected chi connectivity index (χ4v) is 2.40. The van der Waals surface area contributed by atoms with E-state index in [0.717, 1.165) is 26.2 Å². The van der Waals surface area contributed by atoms with Crippen LogP contribution >= 0.6 is 0 Å². The number of nitrogens with zero attached hydrogens (tertiary/aromatic N) is 1. The normalized spacial score (nSPS) is 26.8. The number of likely N-dealkylation sites (N-methyl/N-ethyl adjacent to an activating group) is 1. The molecule has 96 valence electrons. The van der Waals surface area contributed by atoms with Gasteiger partial charge in [0.2, 0.25) is 0 Å². The van der Waals surface area contributed by atoms with E-state index in [4.69, 9.17) is 4.74 Å². The first-order chi connectivity index (χ1) is 7.69. The lowest BCUT2D eigenvalue weighted by molar-refractivity contribution is -0.0127. The molecule has 16 heavy (non-hydrogen) atoms. The molecule has 1 rings (SSSR count). The van der Waals surface area contributed by atoms with Crippen molar-refractivity contribution < 1.29 is 4.74 Å². The maximum absolute atomic E-state index is 5.56. The maximum atomic E-state index is 5.56. The Hall–Kier alpha value is -0.120. The monoisotopic (exact) mass is 228 g/mol. The number of ether oxygens (including phenoxy) is 1. The second-order valence-electron chi connectivity index (χ2n) is 4.80. The zero-order chi connectivity index (χ0) is 12.0. The Labute approximate surface area is 101 Å². The van der Waals surface area contributed by atoms with Gasteiger partial charge < -0.3 is 15.0 Å². The van der Waals surface area contributed by atoms with Gasteiger partial charge in [0.15, 0.2) is 0 Å². The molecule has 3 nitrogen and oxygen atoms in total. The molecule has 0 aromatic rings. The zero-order valence-corrected chi connectivity index (χ0v) is 11.3. The molecule has 0 bridgehead atoms. The highest BCUT2D eigenvalue weighted by atomic mass is 16.5. The van der Waals surface area contributed by atoms with E-state index in [9.17, 15) is 0 Å². The third-order valence-electron chi connectivity index (χ3n) is 3.44. The first-order valence-electron chi connectivity index (χ1n) is 6.79. The van der Waals surface area contributed by atoms with Crippen LogP contribution in [0.1, 0.15) is 40.5 Å². The van der Waals surface area contributed by atoms with E-state index in [-0.39, 0.29) is 0 Å². The van der Waals surface area contributed by atoms with Crippen LogP contribution in [0.25, 0.3) is 0 Å². The van der Waals surface area contributed by atoms with E-state index in [1.807, 2.05) is 0 Å². The summed E-state index contributed by atoms with van der Waals surface area (Å²) in [6, 6.07) is 1.27. The highest BCUT2D eigenvalue weighted by Crippen LogP contribution is 2.23. The number of hydrogen-bond donors (Lipinski definition) is 1. The van der Waals surface area contributed by atoms with Crippen molar-refractivity contribution in [2.75, 3.05) is 26.2 Å². The van der Waals surface area contributed by atoms with Crippen molar-refractivity contribution in [1.82, 2.24) is 10.2 Å². The molecule has 1 unspecified atom stereocenters. The minimum atomic E-state index is 0.517. The van der Waals surface area contributed by atoms with Gasteiger partial charge in [0.1, 0.15) is 0 Å². The van der Waals surface area contributed by atoms with E-state index in [0.29, 0.717) is 18.2 Å². The molecule has 0 radical (unpaired) electrons. The summed E-state index contributed by atoms with van der Waals surface area (Å²) in [4.78, 5) is 2.47. The van der Waals surface area contributed by atoms with E-state index in [2.05, 4.69) is 37.9 Å². The summed E-state index contributed by atoms with van der Waals surface area (Å²) in [5.41, 5.74) is 0. The summed E-state index contributed by atoms with van der Waals surface area (Å²) in [6.07, 6.45) is 2.90. The van der Waals surface area contributed by atoms with Crippen LogP contribution in [0.5, 0.6) is 0 Å². The van der Waals surface area contributed by atoms with E-state index < -0.39 is 0 Å². The Morgan fingerprint density at radius 3 is 2.38 bits per heavy atom. The summed E-state index contributed by atoms with van der Waals surface area (Å²) >= 11 is 0. The Morgan fingerprint density at radius 1 is 1.25 bits per heavy atom. The summed E-state index contributed by atoms with van der Waals surface area (Å²) < 4.78 is 5.56. The van der Waals surface area contributed by atoms with Gasteiger partial charge in [-0.15, -0.1) is 0 Å². The van der Waals surface area contributed by atoms with Crippen LogP contribution in [-0.4, -0.2) is 49.3 Å². The first-order valence-corrected chi connectivity index (χ1v) is 6.79. The topological polar surface area (TPSA) is 24.5 Å². The van der Waals surface area contributed by atoms with E-state index >= 15 is 0 Å². The van der Waals surface area contributed by atoms with Crippen molar-refractivity contribution in [2.24, 2.45) is 0 Å². The molecule has 0 aliphatic heterocycles. The quantitative estimate of drug-likeness (QED) is 0.686. The molecule has 1 saturated carbocycles. The van der Waals surface area contributed by atoms with Crippen molar-refractivity contribution in [3.8, 4) is 0 Å². The van der Waals surface area contributed by atoms with Crippen LogP contribution in [0.3, 0.4) is 0 Å². The van der Waals surface area contributed by atoms with Crippen LogP contribution in [0, 0.1) is 0 Å². The van der Waals surface area contributed by atoms with Gasteiger partial charge in [0, 0.05) is 25.2 Å². The minimum absolute atomic E-state index is 0.517. The molecule has 0 aromatic heterocycles. The second kappa shape index (κ2) is 7.25. The van der Waals surface area contributed by atoms with Gasteiger partial charge in [-0.2, -0.15) is 0 Å². The summed E-state index contributed by atoms with van der Waals surface area (Å²) in [7, 11) is 0. The fourth-order valence-electron chi connectivity index (χ4n) is 2.40. The van der Waals surface area contributed by atoms with Crippen molar-refractivity contribution in [2.45, 2.75) is 58.7 Å². The van der Waals surface area contributed by atoms with Crippen molar-refractivity contribution in [1.29, 1.82) is 0 Å². The molecule has 1 atom stereocenters. The third-order valence-corrected chi connectivity index (χ3v) is 3.44. The molecule has 1 N–H and O–H groups in total. The average molecular weight is 228 g/mol. The van der Waals surface area contributed by atoms with Crippen LogP contribution in [-0.2, 0) is 4.74 Å². The van der Waals surface area contributed by atoms with Crippen LogP contribution in [0.4, 0.5) is 0 Å². The Kier molecular flexibility index (Phi) is 6.32. The van der Waals surface area contributed by atoms with Crippen LogP contribution < -0.4 is 5.32 Å². The second-order valence-corrected chi connectivity index (χ2v) is 4.80. The Balaban J connectivity index is 2.09. The van der Waals surface area contributed by atoms with E-state index in [1.165, 1.54) is 12.8 Å². The van der Waals surface area contributed by atoms with Gasteiger partial charge in [-0.1, -0.05) is 13.8 Å². The molecule has 0 spiro atoms. The molecular weight excluding hydrogens is 200 g/mol. The highest BCUT2D eigenvalue weighted by Gasteiger charge is 2.30. The Bertz CT molecular complexity index is 177. The van der Waals surface area contributed by atoms with Crippen LogP contribution in [0.2, 0.25) is 0 Å².